The second-order valence-corrected chi connectivity index (χ2v) is 17.9. The predicted molar refractivity (Wildman–Crippen MR) is 220 cm³/mol. The first-order valence-corrected chi connectivity index (χ1v) is 21.0. The number of piperazine rings is 1. The van der Waals surface area contributed by atoms with Gasteiger partial charge in [0, 0.05) is 92.6 Å². The third-order valence-corrected chi connectivity index (χ3v) is 12.5. The van der Waals surface area contributed by atoms with E-state index in [1.807, 2.05) is 58.0 Å². The lowest BCUT2D eigenvalue weighted by Crippen LogP contribution is -2.53. The van der Waals surface area contributed by atoms with E-state index in [9.17, 15) is 18.0 Å². The molecule has 0 saturated carbocycles. The third-order valence-electron chi connectivity index (χ3n) is 10.7. The number of carbonyl (C=O) groups is 2. The molecule has 296 valence electrons. The number of imide groups is 1. The maximum atomic E-state index is 12.9. The van der Waals surface area contributed by atoms with Gasteiger partial charge in [0.2, 0.25) is 27.8 Å². The van der Waals surface area contributed by atoms with Crippen molar-refractivity contribution < 1.29 is 18.0 Å². The molecule has 3 aromatic carbocycles. The SMILES string of the molecule is Cc1cnc(Nc2ccc(N3CCC(N4CCN(Cc5cccc(C6CCC(=O)NC6=O)c5)CC4)CC3)cc2)nc1Nc1cccc(S(=O)(=O)NC(C)(C)C)c1. The lowest BCUT2D eigenvalue weighted by molar-refractivity contribution is -0.134. The molecule has 4 N–H and O–H groups in total. The summed E-state index contributed by atoms with van der Waals surface area (Å²) in [6.07, 6.45) is 4.96. The topological polar surface area (TPSA) is 152 Å². The van der Waals surface area contributed by atoms with Gasteiger partial charge >= 0.3 is 0 Å². The van der Waals surface area contributed by atoms with E-state index in [1.54, 1.807) is 24.4 Å². The van der Waals surface area contributed by atoms with E-state index in [-0.39, 0.29) is 22.6 Å². The molecule has 3 fully saturated rings. The van der Waals surface area contributed by atoms with Gasteiger partial charge in [-0.15, -0.1) is 0 Å². The van der Waals surface area contributed by atoms with Crippen LogP contribution in [-0.2, 0) is 26.2 Å². The molecule has 56 heavy (non-hydrogen) atoms. The van der Waals surface area contributed by atoms with Crippen LogP contribution in [0.5, 0.6) is 0 Å². The minimum absolute atomic E-state index is 0.176. The molecule has 13 nitrogen and oxygen atoms in total. The van der Waals surface area contributed by atoms with Crippen molar-refractivity contribution in [2.45, 2.75) is 82.3 Å². The molecule has 0 bridgehead atoms. The van der Waals surface area contributed by atoms with Crippen molar-refractivity contribution in [1.82, 2.24) is 29.8 Å². The normalized spacial score (nSPS) is 19.1. The van der Waals surface area contributed by atoms with Gasteiger partial charge in [0.15, 0.2) is 0 Å². The molecule has 3 aliphatic heterocycles. The number of aryl methyl sites for hydroxylation is 1. The maximum absolute atomic E-state index is 12.9. The fourth-order valence-electron chi connectivity index (χ4n) is 7.81. The molecule has 0 radical (unpaired) electrons. The summed E-state index contributed by atoms with van der Waals surface area (Å²) in [6, 6.07) is 24.0. The summed E-state index contributed by atoms with van der Waals surface area (Å²) in [5.41, 5.74) is 5.12. The first kappa shape index (κ1) is 39.3. The van der Waals surface area contributed by atoms with Crippen molar-refractivity contribution in [2.75, 3.05) is 54.8 Å². The maximum Gasteiger partial charge on any atom is 0.241 e. The number of hydrogen-bond donors (Lipinski definition) is 4. The van der Waals surface area contributed by atoms with E-state index in [4.69, 9.17) is 4.98 Å². The minimum atomic E-state index is -3.69. The second kappa shape index (κ2) is 16.7. The Hall–Kier alpha value is -4.89. The Bertz CT molecular complexity index is 2140. The van der Waals surface area contributed by atoms with E-state index < -0.39 is 15.6 Å². The Morgan fingerprint density at radius 1 is 0.839 bits per heavy atom. The molecule has 2 amide bonds. The standard InChI is InChI=1S/C42H53N9O4S/c1-29-27-43-41(47-39(29)44-33-9-6-10-36(26-33)56(54,55)48-42(2,3)4)45-32-11-13-34(14-12-32)50-19-17-35(18-20-50)51-23-21-49(22-24-51)28-30-7-5-8-31(25-30)37-15-16-38(52)46-40(37)53/h5-14,25-27,35,37,48H,15-24,28H2,1-4H3,(H,46,52,53)(H2,43,44,45,47). The minimum Gasteiger partial charge on any atom is -0.371 e. The number of piperidine rings is 2. The summed E-state index contributed by atoms with van der Waals surface area (Å²) < 4.78 is 28.5. The predicted octanol–water partition coefficient (Wildman–Crippen LogP) is 5.66. The molecule has 1 aromatic heterocycles. The number of amides is 2. The van der Waals surface area contributed by atoms with E-state index >= 15 is 0 Å². The largest absolute Gasteiger partial charge is 0.371 e. The van der Waals surface area contributed by atoms with Gasteiger partial charge in [-0.1, -0.05) is 30.3 Å². The summed E-state index contributed by atoms with van der Waals surface area (Å²) in [6.45, 7) is 14.4. The average molecular weight is 780 g/mol. The number of nitrogens with one attached hydrogen (secondary N) is 4. The van der Waals surface area contributed by atoms with Gasteiger partial charge in [-0.2, -0.15) is 4.98 Å². The first-order chi connectivity index (χ1) is 26.8. The van der Waals surface area contributed by atoms with Crippen LogP contribution in [0.4, 0.5) is 28.8 Å². The summed E-state index contributed by atoms with van der Waals surface area (Å²) >= 11 is 0. The van der Waals surface area contributed by atoms with E-state index in [0.717, 1.165) is 75.5 Å². The molecule has 14 heteroatoms. The zero-order chi connectivity index (χ0) is 39.5. The van der Waals surface area contributed by atoms with Crippen molar-refractivity contribution in [3.05, 3.63) is 95.7 Å². The Morgan fingerprint density at radius 2 is 1.57 bits per heavy atom. The Labute approximate surface area is 330 Å². The zero-order valence-electron chi connectivity index (χ0n) is 32.7. The van der Waals surface area contributed by atoms with Gasteiger partial charge in [-0.3, -0.25) is 24.7 Å². The van der Waals surface area contributed by atoms with Crippen LogP contribution in [0, 0.1) is 6.92 Å². The van der Waals surface area contributed by atoms with Crippen LogP contribution in [0.3, 0.4) is 0 Å². The first-order valence-electron chi connectivity index (χ1n) is 19.5. The van der Waals surface area contributed by atoms with Crippen LogP contribution in [0.1, 0.15) is 69.1 Å². The molecule has 4 aromatic rings. The number of aromatic nitrogens is 2. The van der Waals surface area contributed by atoms with Crippen LogP contribution in [0.15, 0.2) is 83.9 Å². The molecular weight excluding hydrogens is 727 g/mol. The summed E-state index contributed by atoms with van der Waals surface area (Å²) in [7, 11) is -3.69. The summed E-state index contributed by atoms with van der Waals surface area (Å²) in [5.74, 6) is 0.405. The summed E-state index contributed by atoms with van der Waals surface area (Å²) in [4.78, 5) is 41.0. The van der Waals surface area contributed by atoms with Crippen LogP contribution in [0.2, 0.25) is 0 Å². The molecule has 1 atom stereocenters. The molecule has 3 saturated heterocycles. The molecular formula is C42H53N9O4S. The number of anilines is 5. The van der Waals surface area contributed by atoms with Crippen molar-refractivity contribution in [1.29, 1.82) is 0 Å². The van der Waals surface area contributed by atoms with E-state index in [0.29, 0.717) is 36.3 Å². The molecule has 7 rings (SSSR count). The molecule has 3 aliphatic rings. The molecule has 4 heterocycles. The van der Waals surface area contributed by atoms with Gasteiger partial charge in [0.1, 0.15) is 5.82 Å². The highest BCUT2D eigenvalue weighted by Gasteiger charge is 2.30. The van der Waals surface area contributed by atoms with Crippen molar-refractivity contribution in [2.24, 2.45) is 0 Å². The molecule has 0 aliphatic carbocycles. The highest BCUT2D eigenvalue weighted by atomic mass is 32.2. The number of benzene rings is 3. The smallest absolute Gasteiger partial charge is 0.241 e. The average Bonchev–Trinajstić information content (AvgIpc) is 3.16. The third kappa shape index (κ3) is 9.91. The number of hydrogen-bond acceptors (Lipinski definition) is 11. The van der Waals surface area contributed by atoms with Crippen LogP contribution >= 0.6 is 0 Å². The van der Waals surface area contributed by atoms with Crippen molar-refractivity contribution >= 4 is 50.7 Å². The Kier molecular flexibility index (Phi) is 11.7. The summed E-state index contributed by atoms with van der Waals surface area (Å²) in [5, 5.41) is 9.06. The quantitative estimate of drug-likeness (QED) is 0.140. The van der Waals surface area contributed by atoms with Crippen LogP contribution in [-0.4, -0.2) is 90.8 Å². The van der Waals surface area contributed by atoms with Gasteiger partial charge in [-0.25, -0.2) is 18.1 Å². The van der Waals surface area contributed by atoms with E-state index in [1.165, 1.54) is 11.3 Å². The number of nitrogens with zero attached hydrogens (tertiary/aromatic N) is 5. The number of carbonyl (C=O) groups excluding carboxylic acids is 2. The van der Waals surface area contributed by atoms with Crippen molar-refractivity contribution in [3.8, 4) is 0 Å². The zero-order valence-corrected chi connectivity index (χ0v) is 33.5. The number of rotatable bonds is 11. The number of sulfonamides is 1. The molecule has 1 unspecified atom stereocenters. The van der Waals surface area contributed by atoms with Gasteiger partial charge < -0.3 is 15.5 Å². The van der Waals surface area contributed by atoms with Crippen LogP contribution < -0.4 is 25.6 Å². The van der Waals surface area contributed by atoms with E-state index in [2.05, 4.69) is 64.6 Å². The van der Waals surface area contributed by atoms with Gasteiger partial charge in [0.05, 0.1) is 10.8 Å². The van der Waals surface area contributed by atoms with Crippen molar-refractivity contribution in [3.63, 3.8) is 0 Å². The van der Waals surface area contributed by atoms with Gasteiger partial charge in [-0.05, 0) is 101 Å². The van der Waals surface area contributed by atoms with Crippen LogP contribution in [0.25, 0.3) is 0 Å². The second-order valence-electron chi connectivity index (χ2n) is 16.2. The Balaban J connectivity index is 0.877. The highest BCUT2D eigenvalue weighted by Crippen LogP contribution is 2.29. The lowest BCUT2D eigenvalue weighted by Gasteiger charge is -2.43. The Morgan fingerprint density at radius 3 is 2.29 bits per heavy atom. The lowest BCUT2D eigenvalue weighted by atomic mass is 9.89. The monoisotopic (exact) mass is 779 g/mol. The fourth-order valence-corrected chi connectivity index (χ4v) is 9.27. The van der Waals surface area contributed by atoms with Gasteiger partial charge in [0.25, 0.3) is 0 Å². The molecule has 0 spiro atoms. The highest BCUT2D eigenvalue weighted by molar-refractivity contribution is 7.89. The fraction of sp³-hybridized carbons (Fsp3) is 0.429.